The lowest BCUT2D eigenvalue weighted by molar-refractivity contribution is -0.0633. The summed E-state index contributed by atoms with van der Waals surface area (Å²) in [6.45, 7) is 4.57. The number of hydrogen-bond donors (Lipinski definition) is 0. The molecule has 0 unspecified atom stereocenters. The van der Waals surface area contributed by atoms with Gasteiger partial charge in [0.2, 0.25) is 0 Å². The number of hydrogen-bond acceptors (Lipinski definition) is 4. The summed E-state index contributed by atoms with van der Waals surface area (Å²) in [7, 11) is 0. The summed E-state index contributed by atoms with van der Waals surface area (Å²) >= 11 is 6.07. The Labute approximate surface area is 129 Å². The number of morpholine rings is 1. The number of halogens is 1. The van der Waals surface area contributed by atoms with Crippen molar-refractivity contribution in [2.75, 3.05) is 13.2 Å². The van der Waals surface area contributed by atoms with Gasteiger partial charge in [0.05, 0.1) is 12.7 Å². The first-order valence-corrected chi connectivity index (χ1v) is 7.45. The van der Waals surface area contributed by atoms with Crippen molar-refractivity contribution >= 4 is 11.6 Å². The van der Waals surface area contributed by atoms with Gasteiger partial charge in [-0.15, -0.1) is 0 Å². The van der Waals surface area contributed by atoms with Crippen LogP contribution in [0, 0.1) is 0 Å². The third-order valence-corrected chi connectivity index (χ3v) is 4.02. The first-order chi connectivity index (χ1) is 10.2. The topological polar surface area (TPSA) is 38.2 Å². The Kier molecular flexibility index (Phi) is 4.48. The number of ether oxygens (including phenoxy) is 1. The van der Waals surface area contributed by atoms with Gasteiger partial charge in [0.1, 0.15) is 6.33 Å². The Bertz CT molecular complexity index is 593. The van der Waals surface area contributed by atoms with Crippen LogP contribution in [-0.4, -0.2) is 34.1 Å². The van der Waals surface area contributed by atoms with Crippen LogP contribution < -0.4 is 0 Å². The third-order valence-electron chi connectivity index (χ3n) is 3.78. The Morgan fingerprint density at radius 2 is 2.14 bits per heavy atom. The Morgan fingerprint density at radius 3 is 2.90 bits per heavy atom. The van der Waals surface area contributed by atoms with Gasteiger partial charge in [-0.2, -0.15) is 0 Å². The predicted octanol–water partition coefficient (Wildman–Crippen LogP) is 3.09. The van der Waals surface area contributed by atoms with Crippen molar-refractivity contribution in [1.29, 1.82) is 0 Å². The van der Waals surface area contributed by atoms with Crippen LogP contribution in [0.4, 0.5) is 0 Å². The maximum absolute atomic E-state index is 6.07. The van der Waals surface area contributed by atoms with Crippen LogP contribution in [0.25, 0.3) is 0 Å². The SMILES string of the molecule is C[C@@H]1CO[C@@H](c2cccc(Cl)c2)CN1Cc1cncnc1. The van der Waals surface area contributed by atoms with Crippen LogP contribution in [0.1, 0.15) is 24.2 Å². The molecule has 4 nitrogen and oxygen atoms in total. The second-order valence-electron chi connectivity index (χ2n) is 5.40. The van der Waals surface area contributed by atoms with Crippen LogP contribution in [0.2, 0.25) is 5.02 Å². The smallest absolute Gasteiger partial charge is 0.115 e. The zero-order chi connectivity index (χ0) is 14.7. The molecular formula is C16H18ClN3O. The fourth-order valence-electron chi connectivity index (χ4n) is 2.58. The molecule has 2 heterocycles. The first kappa shape index (κ1) is 14.4. The minimum atomic E-state index is 0.0598. The quantitative estimate of drug-likeness (QED) is 0.873. The summed E-state index contributed by atoms with van der Waals surface area (Å²) < 4.78 is 5.97. The van der Waals surface area contributed by atoms with Gasteiger partial charge >= 0.3 is 0 Å². The number of nitrogens with zero attached hydrogens (tertiary/aromatic N) is 3. The lowest BCUT2D eigenvalue weighted by atomic mass is 10.1. The average Bonchev–Trinajstić information content (AvgIpc) is 2.50. The Hall–Kier alpha value is -1.49. The minimum Gasteiger partial charge on any atom is -0.371 e. The van der Waals surface area contributed by atoms with E-state index in [0.717, 1.165) is 29.2 Å². The maximum atomic E-state index is 6.07. The molecule has 0 radical (unpaired) electrons. The Balaban J connectivity index is 1.72. The second-order valence-corrected chi connectivity index (χ2v) is 5.84. The van der Waals surface area contributed by atoms with Crippen molar-refractivity contribution in [1.82, 2.24) is 14.9 Å². The van der Waals surface area contributed by atoms with E-state index in [2.05, 4.69) is 27.9 Å². The molecule has 0 bridgehead atoms. The molecule has 0 saturated carbocycles. The average molecular weight is 304 g/mol. The van der Waals surface area contributed by atoms with Crippen LogP contribution in [0.5, 0.6) is 0 Å². The van der Waals surface area contributed by atoms with Crippen LogP contribution >= 0.6 is 11.6 Å². The van der Waals surface area contributed by atoms with Crippen molar-refractivity contribution in [2.45, 2.75) is 25.6 Å². The lowest BCUT2D eigenvalue weighted by Crippen LogP contribution is -2.44. The van der Waals surface area contributed by atoms with Gasteiger partial charge in [-0.25, -0.2) is 9.97 Å². The lowest BCUT2D eigenvalue weighted by Gasteiger charge is -2.38. The monoisotopic (exact) mass is 303 g/mol. The molecule has 0 spiro atoms. The molecule has 0 amide bonds. The van der Waals surface area contributed by atoms with Gasteiger partial charge in [0.25, 0.3) is 0 Å². The molecule has 21 heavy (non-hydrogen) atoms. The Morgan fingerprint density at radius 1 is 1.33 bits per heavy atom. The highest BCUT2D eigenvalue weighted by atomic mass is 35.5. The van der Waals surface area contributed by atoms with E-state index >= 15 is 0 Å². The van der Waals surface area contributed by atoms with E-state index in [-0.39, 0.29) is 6.10 Å². The van der Waals surface area contributed by atoms with E-state index in [4.69, 9.17) is 16.3 Å². The third kappa shape index (κ3) is 3.59. The fraction of sp³-hybridized carbons (Fsp3) is 0.375. The van der Waals surface area contributed by atoms with Gasteiger partial charge in [-0.1, -0.05) is 23.7 Å². The van der Waals surface area contributed by atoms with Crippen molar-refractivity contribution < 1.29 is 4.74 Å². The summed E-state index contributed by atoms with van der Waals surface area (Å²) in [6, 6.07) is 8.27. The summed E-state index contributed by atoms with van der Waals surface area (Å²) in [6.07, 6.45) is 5.35. The van der Waals surface area contributed by atoms with Gasteiger partial charge in [-0.05, 0) is 24.6 Å². The standard InChI is InChI=1S/C16H18ClN3O/c1-12-10-21-16(14-3-2-4-15(17)5-14)9-20(12)8-13-6-18-11-19-7-13/h2-7,11-12,16H,8-10H2,1H3/t12-,16-/m1/s1. The summed E-state index contributed by atoms with van der Waals surface area (Å²) in [5.41, 5.74) is 2.25. The zero-order valence-corrected chi connectivity index (χ0v) is 12.7. The van der Waals surface area contributed by atoms with Gasteiger partial charge < -0.3 is 4.74 Å². The zero-order valence-electron chi connectivity index (χ0n) is 11.9. The number of benzene rings is 1. The predicted molar refractivity (Wildman–Crippen MR) is 82.0 cm³/mol. The van der Waals surface area contributed by atoms with Crippen LogP contribution in [0.15, 0.2) is 43.0 Å². The normalized spacial score (nSPS) is 23.1. The van der Waals surface area contributed by atoms with E-state index in [0.29, 0.717) is 12.6 Å². The molecule has 1 aliphatic rings. The molecule has 0 aliphatic carbocycles. The molecule has 3 rings (SSSR count). The van der Waals surface area contributed by atoms with E-state index in [1.54, 1.807) is 6.33 Å². The van der Waals surface area contributed by atoms with Gasteiger partial charge in [-0.3, -0.25) is 4.90 Å². The second kappa shape index (κ2) is 6.52. The molecule has 5 heteroatoms. The molecule has 1 aromatic heterocycles. The highest BCUT2D eigenvalue weighted by molar-refractivity contribution is 6.30. The van der Waals surface area contributed by atoms with E-state index in [1.165, 1.54) is 0 Å². The molecule has 1 aliphatic heterocycles. The number of aromatic nitrogens is 2. The van der Waals surface area contributed by atoms with Gasteiger partial charge in [0.15, 0.2) is 0 Å². The minimum absolute atomic E-state index is 0.0598. The van der Waals surface area contributed by atoms with Crippen molar-refractivity contribution in [2.24, 2.45) is 0 Å². The van der Waals surface area contributed by atoms with Crippen molar-refractivity contribution in [3.05, 3.63) is 59.1 Å². The van der Waals surface area contributed by atoms with E-state index < -0.39 is 0 Å². The fourth-order valence-corrected chi connectivity index (χ4v) is 2.78. The molecule has 0 N–H and O–H groups in total. The van der Waals surface area contributed by atoms with Gasteiger partial charge in [0, 0.05) is 42.1 Å². The number of rotatable bonds is 3. The summed E-state index contributed by atoms with van der Waals surface area (Å²) in [5.74, 6) is 0. The van der Waals surface area contributed by atoms with E-state index in [9.17, 15) is 0 Å². The highest BCUT2D eigenvalue weighted by Crippen LogP contribution is 2.27. The summed E-state index contributed by atoms with van der Waals surface area (Å²) in [4.78, 5) is 10.6. The molecule has 1 aromatic carbocycles. The molecule has 2 aromatic rings. The van der Waals surface area contributed by atoms with E-state index in [1.807, 2.05) is 30.6 Å². The molecule has 1 saturated heterocycles. The maximum Gasteiger partial charge on any atom is 0.115 e. The van der Waals surface area contributed by atoms with Crippen LogP contribution in [0.3, 0.4) is 0 Å². The molecular weight excluding hydrogens is 286 g/mol. The summed E-state index contributed by atoms with van der Waals surface area (Å²) in [5, 5.41) is 0.748. The molecule has 110 valence electrons. The van der Waals surface area contributed by atoms with Crippen molar-refractivity contribution in [3.63, 3.8) is 0 Å². The van der Waals surface area contributed by atoms with Crippen molar-refractivity contribution in [3.8, 4) is 0 Å². The largest absolute Gasteiger partial charge is 0.371 e. The first-order valence-electron chi connectivity index (χ1n) is 7.07. The van der Waals surface area contributed by atoms with Crippen LogP contribution in [-0.2, 0) is 11.3 Å². The molecule has 1 fully saturated rings. The highest BCUT2D eigenvalue weighted by Gasteiger charge is 2.27. The molecule has 2 atom stereocenters.